The number of aromatic amines is 1. The molecule has 5 rings (SSSR count). The first kappa shape index (κ1) is 34.9. The minimum atomic E-state index is -0.903. The molecule has 0 amide bonds. The van der Waals surface area contributed by atoms with Crippen molar-refractivity contribution in [3.05, 3.63) is 105 Å². The van der Waals surface area contributed by atoms with Crippen molar-refractivity contribution >= 4 is 40.1 Å². The Morgan fingerprint density at radius 1 is 0.979 bits per heavy atom. The minimum absolute atomic E-state index is 0.0254. The number of aromatic nitrogens is 4. The third-order valence-electron chi connectivity index (χ3n) is 7.59. The van der Waals surface area contributed by atoms with E-state index in [0.717, 1.165) is 34.4 Å². The molecular formula is C34H35ClF2N6O4S. The third-order valence-corrected chi connectivity index (χ3v) is 8.42. The van der Waals surface area contributed by atoms with Gasteiger partial charge in [0.2, 0.25) is 5.88 Å². The van der Waals surface area contributed by atoms with Crippen molar-refractivity contribution in [1.82, 2.24) is 25.3 Å². The van der Waals surface area contributed by atoms with Crippen LogP contribution in [0.15, 0.2) is 70.7 Å². The van der Waals surface area contributed by atoms with Crippen LogP contribution in [0, 0.1) is 11.6 Å². The van der Waals surface area contributed by atoms with Crippen LogP contribution in [0.25, 0.3) is 10.9 Å². The maximum absolute atomic E-state index is 14.8. The summed E-state index contributed by atoms with van der Waals surface area (Å²) in [5.74, 6) is 0.556. The highest BCUT2D eigenvalue weighted by Crippen LogP contribution is 2.30. The van der Waals surface area contributed by atoms with Gasteiger partial charge < -0.3 is 29.4 Å². The van der Waals surface area contributed by atoms with Gasteiger partial charge in [-0.25, -0.2) is 18.7 Å². The Bertz CT molecular complexity index is 1880. The minimum Gasteiger partial charge on any atom is -0.497 e. The van der Waals surface area contributed by atoms with Gasteiger partial charge in [0.05, 0.1) is 20.4 Å². The van der Waals surface area contributed by atoms with E-state index in [2.05, 4.69) is 30.2 Å². The Kier molecular flexibility index (Phi) is 11.3. The second-order valence-corrected chi connectivity index (χ2v) is 12.2. The highest BCUT2D eigenvalue weighted by Gasteiger charge is 2.23. The lowest BCUT2D eigenvalue weighted by Gasteiger charge is -2.29. The molecule has 0 aliphatic heterocycles. The number of hydrogen-bond acceptors (Lipinski definition) is 10. The number of nitrogens with one attached hydrogen (secondary N) is 2. The van der Waals surface area contributed by atoms with E-state index in [1.54, 1.807) is 20.5 Å². The van der Waals surface area contributed by atoms with Gasteiger partial charge in [-0.2, -0.15) is 4.98 Å². The summed E-state index contributed by atoms with van der Waals surface area (Å²) in [5, 5.41) is 3.06. The molecule has 1 unspecified atom stereocenters. The Morgan fingerprint density at radius 2 is 1.58 bits per heavy atom. The lowest BCUT2D eigenvalue weighted by molar-refractivity contribution is 0.257. The van der Waals surface area contributed by atoms with E-state index in [1.165, 1.54) is 12.3 Å². The first-order chi connectivity index (χ1) is 23.1. The predicted octanol–water partition coefficient (Wildman–Crippen LogP) is 6.71. The van der Waals surface area contributed by atoms with E-state index in [-0.39, 0.29) is 34.6 Å². The first-order valence-electron chi connectivity index (χ1n) is 15.0. The van der Waals surface area contributed by atoms with Gasteiger partial charge in [0.25, 0.3) is 5.56 Å². The summed E-state index contributed by atoms with van der Waals surface area (Å²) < 4.78 is 46.1. The maximum Gasteiger partial charge on any atom is 0.265 e. The third kappa shape index (κ3) is 8.15. The molecule has 252 valence electrons. The Labute approximate surface area is 285 Å². The molecule has 0 fully saturated rings. The molecule has 0 radical (unpaired) electrons. The van der Waals surface area contributed by atoms with Crippen molar-refractivity contribution in [2.24, 2.45) is 0 Å². The summed E-state index contributed by atoms with van der Waals surface area (Å²) in [6.45, 7) is 4.75. The topological polar surface area (TPSA) is 114 Å². The summed E-state index contributed by atoms with van der Waals surface area (Å²) in [6.07, 6.45) is 2.91. The van der Waals surface area contributed by atoms with Crippen LogP contribution < -0.4 is 30.0 Å². The van der Waals surface area contributed by atoms with E-state index >= 15 is 0 Å². The Hall–Kier alpha value is -4.46. The monoisotopic (exact) mass is 696 g/mol. The lowest BCUT2D eigenvalue weighted by Crippen LogP contribution is -2.35. The van der Waals surface area contributed by atoms with E-state index < -0.39 is 28.4 Å². The molecule has 10 nitrogen and oxygen atoms in total. The molecule has 2 N–H and O–H groups in total. The average Bonchev–Trinajstić information content (AvgIpc) is 3.09. The van der Waals surface area contributed by atoms with Gasteiger partial charge in [-0.05, 0) is 61.6 Å². The summed E-state index contributed by atoms with van der Waals surface area (Å²) in [7, 11) is 3.23. The number of anilines is 1. The quantitative estimate of drug-likeness (QED) is 0.0738. The standard InChI is InChI=1S/C34H35ClF2N6O4S/c1-19(18-47-33-27-29(28(37)30(35)41-33)40-34(48-5)42-32(27)44)39-20(2)26-14-23(36)15-38-31(26)43(16-21-6-10-24(45-3)11-7-21)17-22-8-12-25(46-4)13-9-22/h6-15,19-20,39H,16-18H2,1-5H3,(H,40,42,44)/t19-,20?/m0/s1. The van der Waals surface area contributed by atoms with Gasteiger partial charge in [0.15, 0.2) is 16.1 Å². The van der Waals surface area contributed by atoms with Gasteiger partial charge in [-0.15, -0.1) is 0 Å². The molecule has 48 heavy (non-hydrogen) atoms. The fourth-order valence-corrected chi connectivity index (χ4v) is 5.75. The van der Waals surface area contributed by atoms with E-state index in [0.29, 0.717) is 24.5 Å². The second-order valence-electron chi connectivity index (χ2n) is 11.0. The zero-order valence-electron chi connectivity index (χ0n) is 27.0. The number of hydrogen-bond donors (Lipinski definition) is 2. The molecule has 3 heterocycles. The van der Waals surface area contributed by atoms with Crippen molar-refractivity contribution in [3.63, 3.8) is 0 Å². The molecule has 0 saturated carbocycles. The number of pyridine rings is 2. The Balaban J connectivity index is 1.39. The van der Waals surface area contributed by atoms with Gasteiger partial charge >= 0.3 is 0 Å². The molecule has 0 aliphatic rings. The molecule has 0 saturated heterocycles. The number of benzene rings is 2. The number of H-pyrrole nitrogens is 1. The summed E-state index contributed by atoms with van der Waals surface area (Å²) in [6, 6.07) is 16.2. The van der Waals surface area contributed by atoms with Crippen LogP contribution in [-0.4, -0.2) is 53.1 Å². The summed E-state index contributed by atoms with van der Waals surface area (Å²) in [5.41, 5.74) is 1.82. The number of halogens is 3. The van der Waals surface area contributed by atoms with Crippen molar-refractivity contribution < 1.29 is 23.0 Å². The fourth-order valence-electron chi connectivity index (χ4n) is 5.21. The van der Waals surface area contributed by atoms with Crippen LogP contribution in [0.3, 0.4) is 0 Å². The number of rotatable bonds is 14. The summed E-state index contributed by atoms with van der Waals surface area (Å²) in [4.78, 5) is 30.1. The van der Waals surface area contributed by atoms with E-state index in [1.807, 2.05) is 62.4 Å². The van der Waals surface area contributed by atoms with E-state index in [4.69, 9.17) is 25.8 Å². The largest absolute Gasteiger partial charge is 0.497 e. The van der Waals surface area contributed by atoms with Crippen molar-refractivity contribution in [2.75, 3.05) is 32.0 Å². The first-order valence-corrected chi connectivity index (χ1v) is 16.6. The number of thioether (sulfide) groups is 1. The van der Waals surface area contributed by atoms with Crippen molar-refractivity contribution in [3.8, 4) is 17.4 Å². The van der Waals surface area contributed by atoms with Crippen LogP contribution in [0.1, 0.15) is 36.6 Å². The van der Waals surface area contributed by atoms with Crippen LogP contribution in [0.5, 0.6) is 17.4 Å². The second kappa shape index (κ2) is 15.6. The number of methoxy groups -OCH3 is 2. The SMILES string of the molecule is COc1ccc(CN(Cc2ccc(OC)cc2)c2ncc(F)cc2C(C)N[C@@H](C)COc2nc(Cl)c(F)c3nc(SC)[nH]c(=O)c23)cc1. The van der Waals surface area contributed by atoms with Gasteiger partial charge in [-0.3, -0.25) is 4.79 Å². The average molecular weight is 697 g/mol. The van der Waals surface area contributed by atoms with Gasteiger partial charge in [0, 0.05) is 30.7 Å². The molecule has 0 spiro atoms. The van der Waals surface area contributed by atoms with Crippen LogP contribution in [-0.2, 0) is 13.1 Å². The normalized spacial score (nSPS) is 12.5. The zero-order valence-corrected chi connectivity index (χ0v) is 28.6. The lowest BCUT2D eigenvalue weighted by atomic mass is 10.1. The highest BCUT2D eigenvalue weighted by molar-refractivity contribution is 7.98. The van der Waals surface area contributed by atoms with Crippen molar-refractivity contribution in [1.29, 1.82) is 0 Å². The molecule has 2 atom stereocenters. The smallest absolute Gasteiger partial charge is 0.265 e. The van der Waals surface area contributed by atoms with Gasteiger partial charge in [-0.1, -0.05) is 47.6 Å². The number of nitrogens with zero attached hydrogens (tertiary/aromatic N) is 4. The molecule has 14 heteroatoms. The maximum atomic E-state index is 14.8. The summed E-state index contributed by atoms with van der Waals surface area (Å²) >= 11 is 7.18. The molecule has 3 aromatic heterocycles. The number of ether oxygens (including phenoxy) is 3. The van der Waals surface area contributed by atoms with Crippen LogP contribution in [0.2, 0.25) is 5.15 Å². The van der Waals surface area contributed by atoms with Crippen LogP contribution in [0.4, 0.5) is 14.6 Å². The molecule has 2 aromatic carbocycles. The van der Waals surface area contributed by atoms with Gasteiger partial charge in [0.1, 0.15) is 40.6 Å². The zero-order chi connectivity index (χ0) is 34.4. The molecule has 5 aromatic rings. The number of fused-ring (bicyclic) bond motifs is 1. The fraction of sp³-hybridized carbons (Fsp3) is 0.294. The van der Waals surface area contributed by atoms with Crippen LogP contribution >= 0.6 is 23.4 Å². The highest BCUT2D eigenvalue weighted by atomic mass is 35.5. The van der Waals surface area contributed by atoms with E-state index in [9.17, 15) is 13.6 Å². The predicted molar refractivity (Wildman–Crippen MR) is 183 cm³/mol. The molecule has 0 aliphatic carbocycles. The molecule has 0 bridgehead atoms. The van der Waals surface area contributed by atoms with Crippen molar-refractivity contribution in [2.45, 2.75) is 44.2 Å². The molecular weight excluding hydrogens is 662 g/mol. The Morgan fingerprint density at radius 3 is 2.15 bits per heavy atom.